The SMILES string of the molecule is CC1NNC(C2CC2)C1C(=O)N1CCOC(CCCc2ccccc2)C1. The van der Waals surface area contributed by atoms with Crippen molar-refractivity contribution in [2.45, 2.75) is 57.2 Å². The molecule has 5 heteroatoms. The van der Waals surface area contributed by atoms with Crippen molar-refractivity contribution < 1.29 is 9.53 Å². The third kappa shape index (κ3) is 4.11. The lowest BCUT2D eigenvalue weighted by atomic mass is 9.90. The number of carbonyl (C=O) groups is 1. The molecule has 1 amide bonds. The standard InChI is InChI=1S/C21H31N3O2/c1-15-19(20(23-22-15)17-10-11-17)21(25)24-12-13-26-18(14-24)9-5-8-16-6-3-2-4-7-16/h2-4,6-7,15,17-20,22-23H,5,8-14H2,1H3. The highest BCUT2D eigenvalue weighted by molar-refractivity contribution is 5.81. The zero-order valence-corrected chi connectivity index (χ0v) is 15.7. The number of nitrogens with zero attached hydrogens (tertiary/aromatic N) is 1. The quantitative estimate of drug-likeness (QED) is 0.819. The van der Waals surface area contributed by atoms with Gasteiger partial charge in [-0.25, -0.2) is 0 Å². The Bertz CT molecular complexity index is 605. The molecule has 3 fully saturated rings. The van der Waals surface area contributed by atoms with Crippen LogP contribution < -0.4 is 10.9 Å². The summed E-state index contributed by atoms with van der Waals surface area (Å²) in [5, 5.41) is 0. The van der Waals surface area contributed by atoms with Gasteiger partial charge in [-0.3, -0.25) is 15.6 Å². The number of ether oxygens (including phenoxy) is 1. The molecule has 0 aromatic heterocycles. The Morgan fingerprint density at radius 1 is 1.23 bits per heavy atom. The third-order valence-electron chi connectivity index (χ3n) is 6.10. The zero-order valence-electron chi connectivity index (χ0n) is 15.7. The van der Waals surface area contributed by atoms with Gasteiger partial charge in [-0.15, -0.1) is 0 Å². The summed E-state index contributed by atoms with van der Waals surface area (Å²) in [4.78, 5) is 15.2. The van der Waals surface area contributed by atoms with Crippen LogP contribution in [-0.4, -0.2) is 48.7 Å². The van der Waals surface area contributed by atoms with Crippen LogP contribution in [0, 0.1) is 11.8 Å². The Labute approximate surface area is 156 Å². The van der Waals surface area contributed by atoms with E-state index in [1.165, 1.54) is 18.4 Å². The number of hydrogen-bond acceptors (Lipinski definition) is 4. The van der Waals surface area contributed by atoms with Crippen molar-refractivity contribution in [1.29, 1.82) is 0 Å². The molecule has 4 rings (SSSR count). The van der Waals surface area contributed by atoms with Crippen molar-refractivity contribution in [3.05, 3.63) is 35.9 Å². The van der Waals surface area contributed by atoms with Crippen molar-refractivity contribution in [2.24, 2.45) is 11.8 Å². The third-order valence-corrected chi connectivity index (χ3v) is 6.10. The minimum atomic E-state index is 0.0607. The Hall–Kier alpha value is -1.43. The van der Waals surface area contributed by atoms with E-state index in [-0.39, 0.29) is 18.1 Å². The smallest absolute Gasteiger partial charge is 0.229 e. The van der Waals surface area contributed by atoms with E-state index >= 15 is 0 Å². The highest BCUT2D eigenvalue weighted by atomic mass is 16.5. The van der Waals surface area contributed by atoms with E-state index in [9.17, 15) is 4.79 Å². The summed E-state index contributed by atoms with van der Waals surface area (Å²) in [5.74, 6) is 1.04. The zero-order chi connectivity index (χ0) is 17.9. The largest absolute Gasteiger partial charge is 0.375 e. The maximum Gasteiger partial charge on any atom is 0.229 e. The Morgan fingerprint density at radius 2 is 2.04 bits per heavy atom. The van der Waals surface area contributed by atoms with Crippen LogP contribution in [0.25, 0.3) is 0 Å². The number of hydrazine groups is 1. The van der Waals surface area contributed by atoms with Crippen molar-refractivity contribution in [3.63, 3.8) is 0 Å². The Balaban J connectivity index is 1.29. The topological polar surface area (TPSA) is 53.6 Å². The van der Waals surface area contributed by atoms with Crippen molar-refractivity contribution in [3.8, 4) is 0 Å². The van der Waals surface area contributed by atoms with Gasteiger partial charge in [-0.2, -0.15) is 0 Å². The predicted octanol–water partition coefficient (Wildman–Crippen LogP) is 2.13. The lowest BCUT2D eigenvalue weighted by Gasteiger charge is -2.36. The van der Waals surface area contributed by atoms with E-state index < -0.39 is 0 Å². The molecule has 2 heterocycles. The second kappa shape index (κ2) is 8.07. The summed E-state index contributed by atoms with van der Waals surface area (Å²) in [6.07, 6.45) is 5.87. The average molecular weight is 357 g/mol. The number of benzene rings is 1. The molecule has 1 saturated carbocycles. The number of aryl methyl sites for hydroxylation is 1. The van der Waals surface area contributed by atoms with Gasteiger partial charge in [0.25, 0.3) is 0 Å². The second-order valence-electron chi connectivity index (χ2n) is 8.12. The first-order valence-electron chi connectivity index (χ1n) is 10.2. The Morgan fingerprint density at radius 3 is 2.81 bits per heavy atom. The molecule has 5 nitrogen and oxygen atoms in total. The number of morpholine rings is 1. The van der Waals surface area contributed by atoms with Crippen LogP contribution >= 0.6 is 0 Å². The normalized spacial score (nSPS) is 32.0. The molecule has 4 atom stereocenters. The van der Waals surface area contributed by atoms with Gasteiger partial charge in [-0.05, 0) is 50.5 Å². The van der Waals surface area contributed by atoms with Crippen LogP contribution in [0.5, 0.6) is 0 Å². The van der Waals surface area contributed by atoms with Crippen LogP contribution in [0.2, 0.25) is 0 Å². The number of carbonyl (C=O) groups excluding carboxylic acids is 1. The first-order valence-corrected chi connectivity index (χ1v) is 10.2. The number of rotatable bonds is 6. The van der Waals surface area contributed by atoms with Crippen molar-refractivity contribution in [2.75, 3.05) is 19.7 Å². The molecule has 1 aromatic rings. The maximum atomic E-state index is 13.2. The summed E-state index contributed by atoms with van der Waals surface area (Å²) in [5.41, 5.74) is 8.04. The number of hydrogen-bond donors (Lipinski definition) is 2. The fourth-order valence-electron chi connectivity index (χ4n) is 4.44. The molecule has 2 N–H and O–H groups in total. The van der Waals surface area contributed by atoms with Crippen LogP contribution in [0.15, 0.2) is 30.3 Å². The number of nitrogens with one attached hydrogen (secondary N) is 2. The van der Waals surface area contributed by atoms with E-state index in [1.54, 1.807) is 0 Å². The second-order valence-corrected chi connectivity index (χ2v) is 8.12. The summed E-state index contributed by atoms with van der Waals surface area (Å²) >= 11 is 0. The van der Waals surface area contributed by atoms with E-state index in [0.29, 0.717) is 24.5 Å². The van der Waals surface area contributed by atoms with Gasteiger partial charge in [0.05, 0.1) is 18.6 Å². The van der Waals surface area contributed by atoms with E-state index in [1.807, 2.05) is 0 Å². The molecule has 0 bridgehead atoms. The predicted molar refractivity (Wildman–Crippen MR) is 101 cm³/mol. The first kappa shape index (κ1) is 18.0. The molecule has 0 radical (unpaired) electrons. The summed E-state index contributed by atoms with van der Waals surface area (Å²) in [7, 11) is 0. The van der Waals surface area contributed by atoms with Gasteiger partial charge >= 0.3 is 0 Å². The molecule has 2 aliphatic heterocycles. The van der Waals surface area contributed by atoms with Crippen molar-refractivity contribution in [1.82, 2.24) is 15.8 Å². The fraction of sp³-hybridized carbons (Fsp3) is 0.667. The molecule has 1 aliphatic carbocycles. The van der Waals surface area contributed by atoms with Gasteiger partial charge < -0.3 is 9.64 Å². The van der Waals surface area contributed by atoms with Crippen LogP contribution in [0.4, 0.5) is 0 Å². The van der Waals surface area contributed by atoms with Crippen LogP contribution in [0.1, 0.15) is 38.2 Å². The van der Waals surface area contributed by atoms with Gasteiger partial charge in [-0.1, -0.05) is 30.3 Å². The summed E-state index contributed by atoms with van der Waals surface area (Å²) in [6, 6.07) is 11.1. The molecular weight excluding hydrogens is 326 g/mol. The molecular formula is C21H31N3O2. The van der Waals surface area contributed by atoms with Crippen LogP contribution in [0.3, 0.4) is 0 Å². The van der Waals surface area contributed by atoms with Gasteiger partial charge in [0, 0.05) is 25.2 Å². The maximum absolute atomic E-state index is 13.2. The minimum Gasteiger partial charge on any atom is -0.375 e. The van der Waals surface area contributed by atoms with Gasteiger partial charge in [0.1, 0.15) is 0 Å². The molecule has 142 valence electrons. The molecule has 0 spiro atoms. The summed E-state index contributed by atoms with van der Waals surface area (Å²) in [6.45, 7) is 4.26. The average Bonchev–Trinajstić information content (AvgIpc) is 3.44. The van der Waals surface area contributed by atoms with Gasteiger partial charge in [0.15, 0.2) is 0 Å². The van der Waals surface area contributed by atoms with E-state index in [4.69, 9.17) is 4.74 Å². The van der Waals surface area contributed by atoms with E-state index in [0.717, 1.165) is 32.4 Å². The number of amides is 1. The monoisotopic (exact) mass is 357 g/mol. The van der Waals surface area contributed by atoms with Crippen molar-refractivity contribution >= 4 is 5.91 Å². The Kier molecular flexibility index (Phi) is 5.57. The first-order chi connectivity index (χ1) is 12.7. The summed E-state index contributed by atoms with van der Waals surface area (Å²) < 4.78 is 5.95. The molecule has 4 unspecified atom stereocenters. The van der Waals surface area contributed by atoms with Crippen LogP contribution in [-0.2, 0) is 16.0 Å². The molecule has 1 aromatic carbocycles. The minimum absolute atomic E-state index is 0.0607. The molecule has 26 heavy (non-hydrogen) atoms. The highest BCUT2D eigenvalue weighted by Crippen LogP contribution is 2.39. The lowest BCUT2D eigenvalue weighted by Crippen LogP contribution is -2.51. The van der Waals surface area contributed by atoms with Gasteiger partial charge in [0.2, 0.25) is 5.91 Å². The van der Waals surface area contributed by atoms with E-state index in [2.05, 4.69) is 53.0 Å². The lowest BCUT2D eigenvalue weighted by molar-refractivity contribution is -0.144. The molecule has 3 aliphatic rings. The molecule has 2 saturated heterocycles. The highest BCUT2D eigenvalue weighted by Gasteiger charge is 2.47. The fourth-order valence-corrected chi connectivity index (χ4v) is 4.44.